The molecular formula is C13H3F23O5. The number of esters is 1. The van der Waals surface area contributed by atoms with Crippen molar-refractivity contribution in [2.24, 2.45) is 0 Å². The van der Waals surface area contributed by atoms with E-state index in [-0.39, 0.29) is 0 Å². The second-order valence-electron chi connectivity index (χ2n) is 6.70. The lowest BCUT2D eigenvalue weighted by atomic mass is 10.2. The van der Waals surface area contributed by atoms with E-state index in [0.29, 0.717) is 0 Å². The molecule has 0 heterocycles. The molecule has 0 spiro atoms. The molecule has 0 aliphatic heterocycles. The van der Waals surface area contributed by atoms with Crippen LogP contribution in [0.1, 0.15) is 0 Å². The van der Waals surface area contributed by atoms with Crippen LogP contribution in [0.15, 0.2) is 0 Å². The topological polar surface area (TPSA) is 54.0 Å². The lowest BCUT2D eigenvalue weighted by Gasteiger charge is -2.42. The Morgan fingerprint density at radius 2 is 0.707 bits per heavy atom. The third-order valence-corrected chi connectivity index (χ3v) is 3.82. The van der Waals surface area contributed by atoms with Crippen molar-refractivity contribution in [2.75, 3.05) is 7.11 Å². The van der Waals surface area contributed by atoms with Crippen LogP contribution in [0.4, 0.5) is 101 Å². The van der Waals surface area contributed by atoms with Gasteiger partial charge in [0.2, 0.25) is 0 Å². The highest BCUT2D eigenvalue weighted by Gasteiger charge is 2.88. The van der Waals surface area contributed by atoms with Crippen molar-refractivity contribution >= 4 is 5.97 Å². The van der Waals surface area contributed by atoms with Crippen LogP contribution in [0, 0.1) is 0 Å². The Morgan fingerprint density at radius 1 is 0.415 bits per heavy atom. The van der Waals surface area contributed by atoms with E-state index >= 15 is 0 Å². The van der Waals surface area contributed by atoms with Crippen LogP contribution in [0.2, 0.25) is 0 Å². The maximum absolute atomic E-state index is 14.1. The van der Waals surface area contributed by atoms with E-state index in [4.69, 9.17) is 0 Å². The first-order chi connectivity index (χ1) is 17.4. The monoisotopic (exact) mass is 676 g/mol. The van der Waals surface area contributed by atoms with Crippen molar-refractivity contribution < 1.29 is 125 Å². The van der Waals surface area contributed by atoms with Crippen LogP contribution in [0.3, 0.4) is 0 Å². The van der Waals surface area contributed by atoms with Crippen LogP contribution in [-0.4, -0.2) is 79.6 Å². The van der Waals surface area contributed by atoms with Gasteiger partial charge in [0.15, 0.2) is 0 Å². The van der Waals surface area contributed by atoms with Gasteiger partial charge in [-0.2, -0.15) is 101 Å². The van der Waals surface area contributed by atoms with E-state index < -0.39 is 79.6 Å². The summed E-state index contributed by atoms with van der Waals surface area (Å²) in [5, 5.41) is 0. The van der Waals surface area contributed by atoms with Gasteiger partial charge in [0.05, 0.1) is 7.11 Å². The van der Waals surface area contributed by atoms with Gasteiger partial charge in [-0.05, 0) is 0 Å². The van der Waals surface area contributed by atoms with Crippen molar-refractivity contribution in [1.29, 1.82) is 0 Å². The van der Waals surface area contributed by atoms with Gasteiger partial charge >= 0.3 is 72.5 Å². The van der Waals surface area contributed by atoms with E-state index in [0.717, 1.165) is 9.47 Å². The second-order valence-corrected chi connectivity index (χ2v) is 6.70. The fourth-order valence-corrected chi connectivity index (χ4v) is 1.80. The quantitative estimate of drug-likeness (QED) is 0.187. The fraction of sp³-hybridized carbons (Fsp3) is 0.923. The summed E-state index contributed by atoms with van der Waals surface area (Å²) in [5.41, 5.74) is 0. The van der Waals surface area contributed by atoms with Crippen LogP contribution in [0.5, 0.6) is 0 Å². The molecule has 0 aromatic carbocycles. The second kappa shape index (κ2) is 10.2. The molecule has 0 aromatic rings. The van der Waals surface area contributed by atoms with Gasteiger partial charge in [0.25, 0.3) is 0 Å². The number of hydrogen-bond acceptors (Lipinski definition) is 5. The third kappa shape index (κ3) is 6.41. The lowest BCUT2D eigenvalue weighted by Crippen LogP contribution is -2.70. The van der Waals surface area contributed by atoms with Gasteiger partial charge in [-0.25, -0.2) is 4.79 Å². The number of rotatable bonds is 10. The van der Waals surface area contributed by atoms with Crippen molar-refractivity contribution in [1.82, 2.24) is 0 Å². The van der Waals surface area contributed by atoms with Gasteiger partial charge in [-0.1, -0.05) is 0 Å². The first-order valence-corrected chi connectivity index (χ1v) is 8.39. The number of methoxy groups -OCH3 is 1. The zero-order valence-electron chi connectivity index (χ0n) is 17.7. The van der Waals surface area contributed by atoms with Crippen LogP contribution < -0.4 is 0 Å². The number of ether oxygens (including phenoxy) is 4. The van der Waals surface area contributed by atoms with Crippen molar-refractivity contribution in [2.45, 2.75) is 66.5 Å². The molecule has 0 radical (unpaired) electrons. The predicted octanol–water partition coefficient (Wildman–Crippen LogP) is 6.87. The van der Waals surface area contributed by atoms with Gasteiger partial charge in [0, 0.05) is 0 Å². The molecule has 0 fully saturated rings. The van der Waals surface area contributed by atoms with Crippen molar-refractivity contribution in [3.63, 3.8) is 0 Å². The Kier molecular flexibility index (Phi) is 9.62. The highest BCUT2D eigenvalue weighted by molar-refractivity contribution is 5.78. The minimum Gasteiger partial charge on any atom is -0.465 e. The molecule has 0 N–H and O–H groups in total. The summed E-state index contributed by atoms with van der Waals surface area (Å²) < 4.78 is 306. The average Bonchev–Trinajstić information content (AvgIpc) is 2.68. The molecule has 0 amide bonds. The average molecular weight is 676 g/mol. The molecule has 5 nitrogen and oxygen atoms in total. The van der Waals surface area contributed by atoms with Crippen LogP contribution in [-0.2, 0) is 23.7 Å². The van der Waals surface area contributed by atoms with Crippen molar-refractivity contribution in [3.8, 4) is 0 Å². The summed E-state index contributed by atoms with van der Waals surface area (Å²) in [7, 11) is -0.393. The largest absolute Gasteiger partial charge is 0.465 e. The molecule has 0 rings (SSSR count). The molecule has 28 heteroatoms. The number of carbonyl (C=O) groups is 1. The smallest absolute Gasteiger partial charge is 0.462 e. The summed E-state index contributed by atoms with van der Waals surface area (Å²) in [6, 6.07) is 0. The van der Waals surface area contributed by atoms with Crippen LogP contribution >= 0.6 is 0 Å². The Hall–Kier alpha value is -2.26. The van der Waals surface area contributed by atoms with E-state index in [2.05, 4.69) is 4.74 Å². The van der Waals surface area contributed by atoms with Crippen LogP contribution in [0.25, 0.3) is 0 Å². The molecule has 246 valence electrons. The Morgan fingerprint density at radius 3 is 0.951 bits per heavy atom. The molecule has 0 unspecified atom stereocenters. The van der Waals surface area contributed by atoms with E-state index in [1.165, 1.54) is 0 Å². The lowest BCUT2D eigenvalue weighted by molar-refractivity contribution is -0.578. The molecule has 3 atom stereocenters. The molecule has 0 aliphatic rings. The predicted molar refractivity (Wildman–Crippen MR) is 70.8 cm³/mol. The molecule has 0 saturated heterocycles. The summed E-state index contributed by atoms with van der Waals surface area (Å²) in [5.74, 6) is -36.5. The maximum Gasteiger partial charge on any atom is 0.462 e. The number of alkyl halides is 23. The zero-order valence-corrected chi connectivity index (χ0v) is 17.7. The summed E-state index contributed by atoms with van der Waals surface area (Å²) in [4.78, 5) is 10.8. The molecule has 0 bridgehead atoms. The normalized spacial score (nSPS) is 19.7. The molecule has 0 aliphatic carbocycles. The summed E-state index contributed by atoms with van der Waals surface area (Å²) >= 11 is 0. The highest BCUT2D eigenvalue weighted by Crippen LogP contribution is 2.59. The zero-order chi connectivity index (χ0) is 33.9. The highest BCUT2D eigenvalue weighted by atomic mass is 19.4. The summed E-state index contributed by atoms with van der Waals surface area (Å²) in [6.07, 6.45) is -57.5. The minimum absolute atomic E-state index is 0.393. The van der Waals surface area contributed by atoms with E-state index in [1.807, 2.05) is 0 Å². The van der Waals surface area contributed by atoms with Gasteiger partial charge in [0.1, 0.15) is 0 Å². The van der Waals surface area contributed by atoms with E-state index in [1.54, 1.807) is 4.74 Å². The first-order valence-electron chi connectivity index (χ1n) is 8.39. The first kappa shape index (κ1) is 38.7. The molecule has 41 heavy (non-hydrogen) atoms. The fourth-order valence-electron chi connectivity index (χ4n) is 1.80. The number of halogens is 23. The number of hydrogen-bond donors (Lipinski definition) is 0. The van der Waals surface area contributed by atoms with E-state index in [9.17, 15) is 106 Å². The van der Waals surface area contributed by atoms with Gasteiger partial charge in [-0.15, -0.1) is 0 Å². The molecular weight excluding hydrogens is 673 g/mol. The van der Waals surface area contributed by atoms with Gasteiger partial charge < -0.3 is 4.74 Å². The minimum atomic E-state index is -8.74. The summed E-state index contributed by atoms with van der Waals surface area (Å²) in [6.45, 7) is 0. The van der Waals surface area contributed by atoms with Gasteiger partial charge in [-0.3, -0.25) is 14.2 Å². The molecule has 0 saturated carbocycles. The Bertz CT molecular complexity index is 948. The molecule has 0 aromatic heterocycles. The standard InChI is InChI=1S/C13H3F23O5/c1-38-2(37)3(14,7(19,20)21)39-12(33,34)5(17,9(25,26)27)41-13(35,36)6(18,10(28,29)30)40-11(31,32)4(15,16)8(22,23)24/h1H3/t3-,5+,6+/m1/s1. The third-order valence-electron chi connectivity index (χ3n) is 3.82. The maximum atomic E-state index is 14.1. The number of carbonyl (C=O) groups excluding carboxylic acids is 1. The van der Waals surface area contributed by atoms with Crippen molar-refractivity contribution in [3.05, 3.63) is 0 Å². The Balaban J connectivity index is 7.29. The Labute approximate surface area is 206 Å². The SMILES string of the molecule is COC(=O)[C@@](F)(OC(F)(F)[C@@](F)(OC(F)(F)[C@@](F)(OC(F)(F)C(F)(F)C(F)(F)F)C(F)(F)F)C(F)(F)F)C(F)(F)F.